The molecule has 1 fully saturated rings. The van der Waals surface area contributed by atoms with E-state index in [4.69, 9.17) is 9.15 Å². The Labute approximate surface area is 169 Å². The quantitative estimate of drug-likeness (QED) is 0.355. The molecule has 0 spiro atoms. The molecule has 0 amide bonds. The number of aromatic hydroxyl groups is 2. The average Bonchev–Trinajstić information content (AvgIpc) is 2.74. The van der Waals surface area contributed by atoms with Crippen LogP contribution in [-0.2, 0) is 4.74 Å². The van der Waals surface area contributed by atoms with Gasteiger partial charge in [-0.3, -0.25) is 4.79 Å². The Hall–Kier alpha value is -2.95. The zero-order valence-electron chi connectivity index (χ0n) is 15.5. The van der Waals surface area contributed by atoms with Gasteiger partial charge in [0, 0.05) is 0 Å². The van der Waals surface area contributed by atoms with Crippen LogP contribution in [0.3, 0.4) is 0 Å². The second-order valence-electron chi connectivity index (χ2n) is 7.15. The summed E-state index contributed by atoms with van der Waals surface area (Å²) >= 11 is 0. The topological polar surface area (TPSA) is 161 Å². The van der Waals surface area contributed by atoms with Crippen molar-refractivity contribution in [2.45, 2.75) is 30.5 Å². The van der Waals surface area contributed by atoms with E-state index in [0.29, 0.717) is 5.56 Å². The van der Waals surface area contributed by atoms with Crippen LogP contribution in [0.15, 0.2) is 51.9 Å². The van der Waals surface area contributed by atoms with Crippen LogP contribution in [0.5, 0.6) is 11.5 Å². The maximum absolute atomic E-state index is 13.0. The first-order valence-corrected chi connectivity index (χ1v) is 9.20. The Bertz CT molecular complexity index is 1120. The van der Waals surface area contributed by atoms with Crippen LogP contribution < -0.4 is 5.43 Å². The van der Waals surface area contributed by atoms with Crippen LogP contribution in [0, 0.1) is 0 Å². The molecule has 0 unspecified atom stereocenters. The van der Waals surface area contributed by atoms with E-state index < -0.39 is 42.6 Å². The Morgan fingerprint density at radius 1 is 0.900 bits per heavy atom. The Morgan fingerprint density at radius 3 is 2.27 bits per heavy atom. The number of ether oxygens (including phenoxy) is 1. The molecule has 30 heavy (non-hydrogen) atoms. The van der Waals surface area contributed by atoms with Gasteiger partial charge in [0.15, 0.2) is 0 Å². The number of hydrogen-bond acceptors (Lipinski definition) is 9. The molecule has 5 atom stereocenters. The lowest BCUT2D eigenvalue weighted by Gasteiger charge is -2.40. The molecule has 6 N–H and O–H groups in total. The predicted molar refractivity (Wildman–Crippen MR) is 104 cm³/mol. The summed E-state index contributed by atoms with van der Waals surface area (Å²) < 4.78 is 11.1. The number of phenols is 2. The molecule has 1 aromatic heterocycles. The molecule has 1 aliphatic heterocycles. The zero-order chi connectivity index (χ0) is 21.6. The van der Waals surface area contributed by atoms with E-state index in [1.165, 1.54) is 30.5 Å². The molecule has 9 nitrogen and oxygen atoms in total. The fourth-order valence-electron chi connectivity index (χ4n) is 3.67. The lowest BCUT2D eigenvalue weighted by Crippen LogP contribution is -2.55. The number of fused-ring (bicyclic) bond motifs is 1. The monoisotopic (exact) mass is 416 g/mol. The summed E-state index contributed by atoms with van der Waals surface area (Å²) in [4.78, 5) is 13.0. The summed E-state index contributed by atoms with van der Waals surface area (Å²) in [6.07, 6.45) is -6.24. The van der Waals surface area contributed by atoms with Crippen molar-refractivity contribution in [3.05, 3.63) is 58.4 Å². The van der Waals surface area contributed by atoms with Gasteiger partial charge in [-0.15, -0.1) is 0 Å². The molecular weight excluding hydrogens is 396 g/mol. The molecule has 3 aromatic rings. The minimum absolute atomic E-state index is 0.0405. The minimum atomic E-state index is -1.65. The number of phenolic OH excluding ortho intramolecular Hbond substituents is 2. The van der Waals surface area contributed by atoms with Crippen molar-refractivity contribution in [2.75, 3.05) is 6.61 Å². The number of hydrogen-bond donors (Lipinski definition) is 6. The summed E-state index contributed by atoms with van der Waals surface area (Å²) in [6, 6.07) is 8.54. The van der Waals surface area contributed by atoms with E-state index in [9.17, 15) is 35.4 Å². The Balaban J connectivity index is 1.87. The smallest absolute Gasteiger partial charge is 0.200 e. The standard InChI is InChI=1S/C21H20O9/c22-7-14-17(26)18(27)19(28)21(30-14)15-13(24)6-5-11-16(25)12(8-29-20(11)15)9-1-3-10(23)4-2-9/h1-6,8,14,17-19,21-24,26-28H,7H2/t14-,17-,18-,19-,21+/m1/s1. The van der Waals surface area contributed by atoms with Crippen molar-refractivity contribution in [1.29, 1.82) is 0 Å². The molecule has 2 aromatic carbocycles. The number of aliphatic hydroxyl groups is 4. The summed E-state index contributed by atoms with van der Waals surface area (Å²) in [5.74, 6) is -0.314. The lowest BCUT2D eigenvalue weighted by molar-refractivity contribution is -0.231. The molecule has 2 heterocycles. The highest BCUT2D eigenvalue weighted by Crippen LogP contribution is 2.40. The fourth-order valence-corrected chi connectivity index (χ4v) is 3.67. The van der Waals surface area contributed by atoms with Crippen LogP contribution in [-0.4, -0.2) is 61.7 Å². The van der Waals surface area contributed by atoms with Crippen LogP contribution in [0.1, 0.15) is 11.7 Å². The van der Waals surface area contributed by atoms with Crippen molar-refractivity contribution < 1.29 is 39.8 Å². The van der Waals surface area contributed by atoms with Gasteiger partial charge in [-0.1, -0.05) is 12.1 Å². The highest BCUT2D eigenvalue weighted by atomic mass is 16.5. The first-order chi connectivity index (χ1) is 14.3. The molecule has 4 rings (SSSR count). The zero-order valence-corrected chi connectivity index (χ0v) is 15.5. The fraction of sp³-hybridized carbons (Fsp3) is 0.286. The van der Waals surface area contributed by atoms with Crippen molar-refractivity contribution >= 4 is 11.0 Å². The third-order valence-corrected chi connectivity index (χ3v) is 5.31. The van der Waals surface area contributed by atoms with Gasteiger partial charge in [0.2, 0.25) is 5.43 Å². The van der Waals surface area contributed by atoms with Gasteiger partial charge in [-0.2, -0.15) is 0 Å². The molecule has 0 saturated carbocycles. The van der Waals surface area contributed by atoms with E-state index in [1.807, 2.05) is 0 Å². The molecular formula is C21H20O9. The van der Waals surface area contributed by atoms with E-state index >= 15 is 0 Å². The highest BCUT2D eigenvalue weighted by Gasteiger charge is 2.45. The molecule has 0 aliphatic carbocycles. The largest absolute Gasteiger partial charge is 0.508 e. The Kier molecular flexibility index (Phi) is 5.22. The van der Waals surface area contributed by atoms with Gasteiger partial charge in [0.25, 0.3) is 0 Å². The summed E-state index contributed by atoms with van der Waals surface area (Å²) in [5, 5.41) is 59.8. The maximum atomic E-state index is 13.0. The lowest BCUT2D eigenvalue weighted by atomic mass is 9.89. The third-order valence-electron chi connectivity index (χ3n) is 5.31. The van der Waals surface area contributed by atoms with Crippen LogP contribution in [0.2, 0.25) is 0 Å². The molecule has 1 aliphatic rings. The van der Waals surface area contributed by atoms with Crippen molar-refractivity contribution in [3.63, 3.8) is 0 Å². The van der Waals surface area contributed by atoms with E-state index in [0.717, 1.165) is 0 Å². The third kappa shape index (κ3) is 3.22. The van der Waals surface area contributed by atoms with E-state index in [1.54, 1.807) is 12.1 Å². The molecule has 158 valence electrons. The van der Waals surface area contributed by atoms with Crippen molar-refractivity contribution in [3.8, 4) is 22.6 Å². The van der Waals surface area contributed by atoms with Gasteiger partial charge in [0.05, 0.1) is 23.1 Å². The maximum Gasteiger partial charge on any atom is 0.200 e. The summed E-state index contributed by atoms with van der Waals surface area (Å²) in [5.41, 5.74) is 0.150. The normalized spacial score (nSPS) is 26.7. The van der Waals surface area contributed by atoms with Crippen LogP contribution >= 0.6 is 0 Å². The second-order valence-corrected chi connectivity index (χ2v) is 7.15. The van der Waals surface area contributed by atoms with E-state index in [2.05, 4.69) is 0 Å². The highest BCUT2D eigenvalue weighted by molar-refractivity contribution is 5.86. The van der Waals surface area contributed by atoms with Gasteiger partial charge in [0.1, 0.15) is 53.9 Å². The number of benzene rings is 2. The molecule has 1 saturated heterocycles. The van der Waals surface area contributed by atoms with Crippen molar-refractivity contribution in [2.24, 2.45) is 0 Å². The first-order valence-electron chi connectivity index (χ1n) is 9.20. The first kappa shape index (κ1) is 20.3. The second kappa shape index (κ2) is 7.71. The molecule has 9 heteroatoms. The molecule has 0 radical (unpaired) electrons. The van der Waals surface area contributed by atoms with Gasteiger partial charge in [-0.25, -0.2) is 0 Å². The summed E-state index contributed by atoms with van der Waals surface area (Å²) in [7, 11) is 0. The number of rotatable bonds is 3. The van der Waals surface area contributed by atoms with Gasteiger partial charge >= 0.3 is 0 Å². The molecule has 0 bridgehead atoms. The Morgan fingerprint density at radius 2 is 1.60 bits per heavy atom. The average molecular weight is 416 g/mol. The van der Waals surface area contributed by atoms with Gasteiger partial charge in [-0.05, 0) is 29.8 Å². The van der Waals surface area contributed by atoms with Crippen LogP contribution in [0.25, 0.3) is 22.1 Å². The SMILES string of the molecule is O=c1c(-c2ccc(O)cc2)coc2c([C@@H]3O[C@H](CO)[C@@H](O)[C@@H](O)[C@H]3O)c(O)ccc12. The van der Waals surface area contributed by atoms with E-state index in [-0.39, 0.29) is 33.6 Å². The number of aliphatic hydroxyl groups excluding tert-OH is 4. The van der Waals surface area contributed by atoms with Gasteiger partial charge < -0.3 is 39.8 Å². The minimum Gasteiger partial charge on any atom is -0.508 e. The van der Waals surface area contributed by atoms with Crippen molar-refractivity contribution in [1.82, 2.24) is 0 Å². The predicted octanol–water partition coefficient (Wildman–Crippen LogP) is 0.386. The van der Waals surface area contributed by atoms with Crippen LogP contribution in [0.4, 0.5) is 0 Å². The summed E-state index contributed by atoms with van der Waals surface area (Å²) in [6.45, 7) is -0.637.